The molecule has 4 amide bonds. The van der Waals surface area contributed by atoms with Gasteiger partial charge in [-0.3, -0.25) is 9.59 Å². The number of rotatable bonds is 15. The summed E-state index contributed by atoms with van der Waals surface area (Å²) in [5.74, 6) is -1.94. The Hall–Kier alpha value is -3.88. The standard InChI is InChI=1S/C31H42N4O5/c36-28(19-11-4-12-20-32-31(40)33-25-17-9-3-10-18-25)34-26(21-23-13-5-1-6-14-23)29(37)35-27(30(38)39)22-24-15-7-2-8-16-24/h1-2,5-8,13-16,25-27H,3-4,9-12,17-22H2,(H,34,36)(H,35,37)(H,38,39)(H2,32,33,40)/t26-,27-/m0/s1. The van der Waals surface area contributed by atoms with Gasteiger partial charge < -0.3 is 26.4 Å². The zero-order valence-electron chi connectivity index (χ0n) is 23.1. The monoisotopic (exact) mass is 550 g/mol. The summed E-state index contributed by atoms with van der Waals surface area (Å²) < 4.78 is 0. The Labute approximate surface area is 236 Å². The lowest BCUT2D eigenvalue weighted by molar-refractivity contribution is -0.142. The highest BCUT2D eigenvalue weighted by molar-refractivity contribution is 5.90. The molecule has 216 valence electrons. The van der Waals surface area contributed by atoms with E-state index in [2.05, 4.69) is 21.3 Å². The van der Waals surface area contributed by atoms with E-state index in [1.54, 1.807) is 0 Å². The molecule has 5 N–H and O–H groups in total. The topological polar surface area (TPSA) is 137 Å². The molecule has 0 aliphatic heterocycles. The van der Waals surface area contributed by atoms with Gasteiger partial charge in [-0.1, -0.05) is 86.3 Å². The molecule has 2 aromatic carbocycles. The zero-order valence-corrected chi connectivity index (χ0v) is 23.1. The summed E-state index contributed by atoms with van der Waals surface area (Å²) in [6.45, 7) is 0.539. The summed E-state index contributed by atoms with van der Waals surface area (Å²) in [5.41, 5.74) is 1.65. The lowest BCUT2D eigenvalue weighted by Crippen LogP contribution is -2.53. The van der Waals surface area contributed by atoms with E-state index in [0.29, 0.717) is 13.0 Å². The summed E-state index contributed by atoms with van der Waals surface area (Å²) in [5, 5.41) is 21.0. The first-order valence-electron chi connectivity index (χ1n) is 14.4. The Kier molecular flexibility index (Phi) is 13.0. The number of hydrogen-bond donors (Lipinski definition) is 5. The van der Waals surface area contributed by atoms with Crippen molar-refractivity contribution in [3.63, 3.8) is 0 Å². The van der Waals surface area contributed by atoms with Crippen molar-refractivity contribution in [1.29, 1.82) is 0 Å². The molecular weight excluding hydrogens is 508 g/mol. The Morgan fingerprint density at radius 2 is 1.35 bits per heavy atom. The number of carbonyl (C=O) groups excluding carboxylic acids is 3. The van der Waals surface area contributed by atoms with Crippen LogP contribution < -0.4 is 21.3 Å². The van der Waals surface area contributed by atoms with Crippen LogP contribution >= 0.6 is 0 Å². The van der Waals surface area contributed by atoms with Crippen molar-refractivity contribution in [3.8, 4) is 0 Å². The van der Waals surface area contributed by atoms with Crippen LogP contribution in [-0.2, 0) is 27.2 Å². The second-order valence-electron chi connectivity index (χ2n) is 10.4. The van der Waals surface area contributed by atoms with Crippen molar-refractivity contribution < 1.29 is 24.3 Å². The van der Waals surface area contributed by atoms with Crippen LogP contribution in [0.4, 0.5) is 4.79 Å². The fraction of sp³-hybridized carbons (Fsp3) is 0.484. The molecule has 0 saturated heterocycles. The van der Waals surface area contributed by atoms with E-state index < -0.39 is 24.0 Å². The van der Waals surface area contributed by atoms with Gasteiger partial charge in [-0.05, 0) is 36.8 Å². The lowest BCUT2D eigenvalue weighted by atomic mass is 9.96. The molecule has 40 heavy (non-hydrogen) atoms. The van der Waals surface area contributed by atoms with E-state index in [1.807, 2.05) is 60.7 Å². The van der Waals surface area contributed by atoms with Crippen LogP contribution in [-0.4, -0.2) is 53.6 Å². The van der Waals surface area contributed by atoms with E-state index >= 15 is 0 Å². The summed E-state index contributed by atoms with van der Waals surface area (Å²) >= 11 is 0. The van der Waals surface area contributed by atoms with Crippen LogP contribution in [0.15, 0.2) is 60.7 Å². The minimum Gasteiger partial charge on any atom is -0.480 e. The van der Waals surface area contributed by atoms with Gasteiger partial charge in [0.05, 0.1) is 0 Å². The van der Waals surface area contributed by atoms with Gasteiger partial charge in [0.15, 0.2) is 0 Å². The number of carboxylic acid groups (broad SMARTS) is 1. The smallest absolute Gasteiger partial charge is 0.326 e. The number of benzene rings is 2. The summed E-state index contributed by atoms with van der Waals surface area (Å²) in [6, 6.07) is 16.5. The highest BCUT2D eigenvalue weighted by Gasteiger charge is 2.27. The molecule has 0 bridgehead atoms. The average Bonchev–Trinajstić information content (AvgIpc) is 2.95. The molecule has 1 aliphatic rings. The lowest BCUT2D eigenvalue weighted by Gasteiger charge is -2.22. The van der Waals surface area contributed by atoms with Crippen LogP contribution in [0.3, 0.4) is 0 Å². The van der Waals surface area contributed by atoms with E-state index in [4.69, 9.17) is 0 Å². The Morgan fingerprint density at radius 3 is 1.95 bits per heavy atom. The predicted molar refractivity (Wildman–Crippen MR) is 154 cm³/mol. The first-order chi connectivity index (χ1) is 19.4. The van der Waals surface area contributed by atoms with E-state index in [-0.39, 0.29) is 37.2 Å². The molecule has 0 radical (unpaired) electrons. The predicted octanol–water partition coefficient (Wildman–Crippen LogP) is 3.72. The fourth-order valence-corrected chi connectivity index (χ4v) is 4.92. The van der Waals surface area contributed by atoms with Gasteiger partial charge in [-0.2, -0.15) is 0 Å². The fourth-order valence-electron chi connectivity index (χ4n) is 4.92. The van der Waals surface area contributed by atoms with Crippen molar-refractivity contribution in [2.75, 3.05) is 6.54 Å². The van der Waals surface area contributed by atoms with E-state index in [9.17, 15) is 24.3 Å². The molecule has 2 atom stereocenters. The van der Waals surface area contributed by atoms with Crippen LogP contribution in [0.25, 0.3) is 0 Å². The molecule has 3 rings (SSSR count). The second kappa shape index (κ2) is 16.9. The van der Waals surface area contributed by atoms with Crippen molar-refractivity contribution in [2.45, 2.75) is 88.8 Å². The van der Waals surface area contributed by atoms with Crippen LogP contribution in [0.2, 0.25) is 0 Å². The minimum absolute atomic E-state index is 0.133. The Morgan fingerprint density at radius 1 is 0.750 bits per heavy atom. The number of aliphatic carboxylic acids is 1. The normalized spacial score (nSPS) is 14.9. The largest absolute Gasteiger partial charge is 0.480 e. The number of carbonyl (C=O) groups is 4. The number of urea groups is 1. The number of amides is 4. The average molecular weight is 551 g/mol. The number of carboxylic acids is 1. The van der Waals surface area contributed by atoms with Crippen molar-refractivity contribution in [1.82, 2.24) is 21.3 Å². The van der Waals surface area contributed by atoms with Crippen molar-refractivity contribution in [3.05, 3.63) is 71.8 Å². The van der Waals surface area contributed by atoms with E-state index in [1.165, 1.54) is 6.42 Å². The molecule has 9 heteroatoms. The SMILES string of the molecule is O=C(CCCCCNC(=O)NC1CCCCC1)N[C@@H](Cc1ccccc1)C(=O)N[C@@H](Cc1ccccc1)C(=O)O. The Balaban J connectivity index is 1.44. The molecule has 2 aromatic rings. The van der Waals surface area contributed by atoms with Gasteiger partial charge in [0.25, 0.3) is 0 Å². The molecule has 0 unspecified atom stereocenters. The van der Waals surface area contributed by atoms with Crippen molar-refractivity contribution in [2.24, 2.45) is 0 Å². The molecule has 1 fully saturated rings. The van der Waals surface area contributed by atoms with Gasteiger partial charge in [0, 0.05) is 31.8 Å². The number of nitrogens with one attached hydrogen (secondary N) is 4. The number of unbranched alkanes of at least 4 members (excludes halogenated alkanes) is 2. The zero-order chi connectivity index (χ0) is 28.6. The highest BCUT2D eigenvalue weighted by atomic mass is 16.4. The highest BCUT2D eigenvalue weighted by Crippen LogP contribution is 2.17. The third-order valence-electron chi connectivity index (χ3n) is 7.14. The van der Waals surface area contributed by atoms with Crippen LogP contribution in [0.1, 0.15) is 68.9 Å². The molecule has 9 nitrogen and oxygen atoms in total. The summed E-state index contributed by atoms with van der Waals surface area (Å²) in [6.07, 6.45) is 8.38. The summed E-state index contributed by atoms with van der Waals surface area (Å²) in [7, 11) is 0. The summed E-state index contributed by atoms with van der Waals surface area (Å²) in [4.78, 5) is 49.8. The molecule has 0 spiro atoms. The second-order valence-corrected chi connectivity index (χ2v) is 10.4. The molecule has 1 saturated carbocycles. The minimum atomic E-state index is -1.14. The number of hydrogen-bond acceptors (Lipinski definition) is 4. The maximum atomic E-state index is 13.2. The maximum Gasteiger partial charge on any atom is 0.326 e. The van der Waals surface area contributed by atoms with Crippen molar-refractivity contribution >= 4 is 23.8 Å². The van der Waals surface area contributed by atoms with Gasteiger partial charge in [0.2, 0.25) is 11.8 Å². The molecule has 1 aliphatic carbocycles. The van der Waals surface area contributed by atoms with E-state index in [0.717, 1.165) is 49.7 Å². The first-order valence-corrected chi connectivity index (χ1v) is 14.4. The Bertz CT molecular complexity index is 1070. The van der Waals surface area contributed by atoms with Gasteiger partial charge in [-0.25, -0.2) is 9.59 Å². The third kappa shape index (κ3) is 11.5. The van der Waals surface area contributed by atoms with Gasteiger partial charge >= 0.3 is 12.0 Å². The molecular formula is C31H42N4O5. The maximum absolute atomic E-state index is 13.2. The quantitative estimate of drug-likeness (QED) is 0.215. The first kappa shape index (κ1) is 30.7. The van der Waals surface area contributed by atoms with Crippen LogP contribution in [0.5, 0.6) is 0 Å². The molecule has 0 heterocycles. The van der Waals surface area contributed by atoms with Gasteiger partial charge in [-0.15, -0.1) is 0 Å². The van der Waals surface area contributed by atoms with Crippen LogP contribution in [0, 0.1) is 0 Å². The third-order valence-corrected chi connectivity index (χ3v) is 7.14. The van der Waals surface area contributed by atoms with Gasteiger partial charge in [0.1, 0.15) is 12.1 Å². The molecule has 0 aromatic heterocycles.